The Hall–Kier alpha value is -0.830. The Morgan fingerprint density at radius 2 is 1.91 bits per heavy atom. The van der Waals surface area contributed by atoms with Crippen LogP contribution < -0.4 is 0 Å². The number of carbonyl (C=O) groups excluding carboxylic acids is 1. The molecule has 4 aliphatic rings. The van der Waals surface area contributed by atoms with Crippen LogP contribution in [0.2, 0.25) is 0 Å². The minimum absolute atomic E-state index is 0.00911. The number of allylic oxidation sites excluding steroid dienone is 1. The maximum Gasteiger partial charge on any atom is 0.306 e. The van der Waals surface area contributed by atoms with E-state index in [1.807, 2.05) is 14.0 Å². The molecule has 3 saturated carbocycles. The molecule has 34 heavy (non-hydrogen) atoms. The molecule has 0 amide bonds. The smallest absolute Gasteiger partial charge is 0.306 e. The number of carbonyl (C=O) groups is 1. The lowest BCUT2D eigenvalue weighted by Crippen LogP contribution is -2.50. The highest BCUT2D eigenvalue weighted by Crippen LogP contribution is 2.66. The zero-order valence-corrected chi connectivity index (χ0v) is 23.0. The third kappa shape index (κ3) is 4.89. The van der Waals surface area contributed by atoms with Crippen molar-refractivity contribution in [2.45, 2.75) is 130 Å². The van der Waals surface area contributed by atoms with Gasteiger partial charge in [0.25, 0.3) is 0 Å². The van der Waals surface area contributed by atoms with Crippen molar-refractivity contribution < 1.29 is 14.3 Å². The van der Waals surface area contributed by atoms with E-state index in [1.54, 1.807) is 5.57 Å². The van der Waals surface area contributed by atoms with E-state index < -0.39 is 0 Å². The van der Waals surface area contributed by atoms with Crippen LogP contribution in [-0.2, 0) is 14.3 Å². The molecule has 0 N–H and O–H groups in total. The highest BCUT2D eigenvalue weighted by atomic mass is 16.5. The lowest BCUT2D eigenvalue weighted by molar-refractivity contribution is -0.151. The third-order valence-electron chi connectivity index (χ3n) is 11.1. The minimum atomic E-state index is -0.00911. The first kappa shape index (κ1) is 26.2. The molecule has 0 saturated heterocycles. The Morgan fingerprint density at radius 1 is 1.12 bits per heavy atom. The first-order valence-electron chi connectivity index (χ1n) is 14.6. The molecule has 8 unspecified atom stereocenters. The molecule has 0 aromatic carbocycles. The van der Waals surface area contributed by atoms with Crippen LogP contribution in [0.25, 0.3) is 0 Å². The summed E-state index contributed by atoms with van der Waals surface area (Å²) in [6.45, 7) is 11.7. The molecule has 194 valence electrons. The van der Waals surface area contributed by atoms with Crippen molar-refractivity contribution in [3.63, 3.8) is 0 Å². The Labute approximate surface area is 209 Å². The molecule has 4 aliphatic carbocycles. The van der Waals surface area contributed by atoms with E-state index in [4.69, 9.17) is 9.47 Å². The van der Waals surface area contributed by atoms with E-state index in [0.717, 1.165) is 36.5 Å². The Balaban J connectivity index is 1.37. The Bertz CT molecular complexity index is 741. The lowest BCUT2D eigenvalue weighted by atomic mass is 9.47. The van der Waals surface area contributed by atoms with E-state index >= 15 is 0 Å². The predicted molar refractivity (Wildman–Crippen MR) is 139 cm³/mol. The Kier molecular flexibility index (Phi) is 8.22. The van der Waals surface area contributed by atoms with Gasteiger partial charge in [-0.2, -0.15) is 0 Å². The van der Waals surface area contributed by atoms with Gasteiger partial charge < -0.3 is 9.47 Å². The van der Waals surface area contributed by atoms with E-state index in [2.05, 4.69) is 33.8 Å². The van der Waals surface area contributed by atoms with Crippen molar-refractivity contribution in [3.05, 3.63) is 11.6 Å². The fraction of sp³-hybridized carbons (Fsp3) is 0.903. The summed E-state index contributed by atoms with van der Waals surface area (Å²) in [4.78, 5) is 12.1. The summed E-state index contributed by atoms with van der Waals surface area (Å²) < 4.78 is 11.6. The number of hydrogen-bond acceptors (Lipinski definition) is 3. The molecule has 3 fully saturated rings. The van der Waals surface area contributed by atoms with E-state index in [9.17, 15) is 4.79 Å². The molecule has 0 bridgehead atoms. The summed E-state index contributed by atoms with van der Waals surface area (Å²) in [5.74, 6) is 3.90. The van der Waals surface area contributed by atoms with Crippen molar-refractivity contribution in [1.29, 1.82) is 0 Å². The summed E-state index contributed by atoms with van der Waals surface area (Å²) in [5.41, 5.74) is 2.66. The maximum absolute atomic E-state index is 12.1. The van der Waals surface area contributed by atoms with Crippen molar-refractivity contribution in [2.75, 3.05) is 7.11 Å². The van der Waals surface area contributed by atoms with Crippen LogP contribution in [0, 0.1) is 40.4 Å². The van der Waals surface area contributed by atoms with Gasteiger partial charge in [0.05, 0.1) is 6.10 Å². The highest BCUT2D eigenvalue weighted by molar-refractivity contribution is 5.69. The fourth-order valence-corrected chi connectivity index (χ4v) is 8.94. The lowest BCUT2D eigenvalue weighted by Gasteiger charge is -2.58. The second kappa shape index (κ2) is 10.7. The number of esters is 1. The van der Waals surface area contributed by atoms with Crippen LogP contribution in [0.5, 0.6) is 0 Å². The normalized spacial score (nSPS) is 40.2. The van der Waals surface area contributed by atoms with Crippen LogP contribution in [0.3, 0.4) is 0 Å². The first-order chi connectivity index (χ1) is 16.2. The molecule has 0 heterocycles. The molecule has 4 rings (SSSR count). The van der Waals surface area contributed by atoms with E-state index in [0.29, 0.717) is 29.3 Å². The fourth-order valence-electron chi connectivity index (χ4n) is 8.94. The number of ether oxygens (including phenoxy) is 2. The zero-order valence-electron chi connectivity index (χ0n) is 23.0. The highest BCUT2D eigenvalue weighted by Gasteiger charge is 2.58. The van der Waals surface area contributed by atoms with Gasteiger partial charge >= 0.3 is 5.97 Å². The predicted octanol–water partition coefficient (Wildman–Crippen LogP) is 8.12. The van der Waals surface area contributed by atoms with Gasteiger partial charge in [-0.05, 0) is 117 Å². The average Bonchev–Trinajstić information content (AvgIpc) is 3.14. The molecule has 0 spiro atoms. The van der Waals surface area contributed by atoms with Crippen molar-refractivity contribution in [1.82, 2.24) is 0 Å². The van der Waals surface area contributed by atoms with Crippen molar-refractivity contribution in [2.24, 2.45) is 40.4 Å². The number of fused-ring (bicyclic) bond motifs is 5. The summed E-state index contributed by atoms with van der Waals surface area (Å²) in [6.07, 6.45) is 18.8. The summed E-state index contributed by atoms with van der Waals surface area (Å²) in [5, 5.41) is 0. The largest absolute Gasteiger partial charge is 0.462 e. The summed E-state index contributed by atoms with van der Waals surface area (Å²) >= 11 is 0. The summed E-state index contributed by atoms with van der Waals surface area (Å²) in [6, 6.07) is 0. The quantitative estimate of drug-likeness (QED) is 0.251. The molecular weight excluding hydrogens is 420 g/mol. The zero-order chi connectivity index (χ0) is 24.5. The van der Waals surface area contributed by atoms with Crippen molar-refractivity contribution >= 4 is 5.97 Å². The molecule has 0 aliphatic heterocycles. The molecular formula is C31H52O3. The van der Waals surface area contributed by atoms with Crippen LogP contribution in [0.1, 0.15) is 118 Å². The van der Waals surface area contributed by atoms with E-state index in [-0.39, 0.29) is 12.1 Å². The molecule has 8 atom stereocenters. The standard InChI is InChI=1S/C31H52O3/c1-7-9-29(32)34-28(21(2)3)11-8-10-22-13-15-26-25-14-12-23-20-24(33-6)16-18-31(23,5)27(25)17-19-30(22,26)4/h12,21-22,24-28H,7-11,13-20H2,1-6H3. The molecule has 0 aromatic heterocycles. The van der Waals surface area contributed by atoms with Gasteiger partial charge in [-0.3, -0.25) is 4.79 Å². The Morgan fingerprint density at radius 3 is 2.62 bits per heavy atom. The summed E-state index contributed by atoms with van der Waals surface area (Å²) in [7, 11) is 1.89. The van der Waals surface area contributed by atoms with Crippen LogP contribution in [-0.4, -0.2) is 25.3 Å². The van der Waals surface area contributed by atoms with Crippen LogP contribution >= 0.6 is 0 Å². The third-order valence-corrected chi connectivity index (χ3v) is 11.1. The van der Waals surface area contributed by atoms with Gasteiger partial charge in [0.1, 0.15) is 6.10 Å². The molecule has 0 aromatic rings. The van der Waals surface area contributed by atoms with Gasteiger partial charge in [-0.25, -0.2) is 0 Å². The van der Waals surface area contributed by atoms with Gasteiger partial charge in [-0.15, -0.1) is 0 Å². The monoisotopic (exact) mass is 472 g/mol. The van der Waals surface area contributed by atoms with Gasteiger partial charge in [0.15, 0.2) is 0 Å². The van der Waals surface area contributed by atoms with Gasteiger partial charge in [0.2, 0.25) is 0 Å². The topological polar surface area (TPSA) is 35.5 Å². The molecule has 3 nitrogen and oxygen atoms in total. The van der Waals surface area contributed by atoms with Crippen molar-refractivity contribution in [3.8, 4) is 0 Å². The van der Waals surface area contributed by atoms with Crippen LogP contribution in [0.15, 0.2) is 11.6 Å². The second-order valence-corrected chi connectivity index (χ2v) is 13.1. The number of rotatable bonds is 9. The SMILES string of the molecule is CCCC(=O)OC(CCCC1CCC2C3CC=C4CC(OC)CCC4(C)C3CCC12C)C(C)C. The average molecular weight is 473 g/mol. The maximum atomic E-state index is 12.1. The van der Waals surface area contributed by atoms with Gasteiger partial charge in [-0.1, -0.05) is 46.3 Å². The van der Waals surface area contributed by atoms with E-state index in [1.165, 1.54) is 64.2 Å². The minimum Gasteiger partial charge on any atom is -0.462 e. The molecule has 0 radical (unpaired) electrons. The number of hydrogen-bond donors (Lipinski definition) is 0. The number of methoxy groups -OCH3 is 1. The van der Waals surface area contributed by atoms with Gasteiger partial charge in [0, 0.05) is 13.5 Å². The second-order valence-electron chi connectivity index (χ2n) is 13.1. The van der Waals surface area contributed by atoms with Crippen LogP contribution in [0.4, 0.5) is 0 Å². The molecule has 3 heteroatoms. The first-order valence-corrected chi connectivity index (χ1v) is 14.6.